The highest BCUT2D eigenvalue weighted by Gasteiger charge is 2.28. The predicted molar refractivity (Wildman–Crippen MR) is 94.4 cm³/mol. The van der Waals surface area contributed by atoms with Gasteiger partial charge in [0.05, 0.1) is 11.5 Å². The van der Waals surface area contributed by atoms with Crippen LogP contribution in [0.2, 0.25) is 0 Å². The summed E-state index contributed by atoms with van der Waals surface area (Å²) >= 11 is 1.68. The molecule has 0 spiro atoms. The molecule has 0 saturated carbocycles. The number of amides is 1. The molecular weight excluding hydrogens is 326 g/mol. The average Bonchev–Trinajstić information content (AvgIpc) is 3.25. The van der Waals surface area contributed by atoms with Crippen LogP contribution < -0.4 is 4.90 Å². The molecule has 0 bridgehead atoms. The summed E-state index contributed by atoms with van der Waals surface area (Å²) in [6.07, 6.45) is 2.17. The van der Waals surface area contributed by atoms with E-state index in [4.69, 9.17) is 0 Å². The van der Waals surface area contributed by atoms with Gasteiger partial charge < -0.3 is 4.90 Å². The van der Waals surface area contributed by atoms with Crippen molar-refractivity contribution in [2.75, 3.05) is 25.0 Å². The third-order valence-corrected chi connectivity index (χ3v) is 5.15. The van der Waals surface area contributed by atoms with Crippen molar-refractivity contribution in [3.8, 4) is 0 Å². The number of rotatable bonds is 5. The molecule has 1 fully saturated rings. The van der Waals surface area contributed by atoms with Crippen LogP contribution in [-0.4, -0.2) is 35.9 Å². The molecule has 1 aliphatic heterocycles. The van der Waals surface area contributed by atoms with Crippen LogP contribution in [0.25, 0.3) is 0 Å². The number of nitro groups is 1. The zero-order chi connectivity index (χ0) is 17.1. The lowest BCUT2D eigenvalue weighted by Gasteiger charge is -2.26. The topological polar surface area (TPSA) is 66.7 Å². The maximum atomic E-state index is 12.6. The minimum absolute atomic E-state index is 0.00835. The Morgan fingerprint density at radius 1 is 1.38 bits per heavy atom. The number of likely N-dealkylation sites (N-methyl/N-ethyl adjacent to an activating group) is 1. The summed E-state index contributed by atoms with van der Waals surface area (Å²) in [4.78, 5) is 26.6. The number of hydrogen-bond acceptors (Lipinski definition) is 5. The summed E-state index contributed by atoms with van der Waals surface area (Å²) in [6.45, 7) is 1.27. The van der Waals surface area contributed by atoms with Gasteiger partial charge in [0.15, 0.2) is 0 Å². The predicted octanol–water partition coefficient (Wildman–Crippen LogP) is 3.46. The standard InChI is InChI=1S/C17H19N3O3S/c1-18(14-4-6-15(7-5-14)20(22)23)17(21)11-19-9-2-3-16(19)13-8-10-24-12-13/h4-8,10,12,16H,2-3,9,11H2,1H3. The minimum Gasteiger partial charge on any atom is -0.314 e. The third-order valence-electron chi connectivity index (χ3n) is 4.45. The quantitative estimate of drug-likeness (QED) is 0.615. The highest BCUT2D eigenvalue weighted by molar-refractivity contribution is 7.07. The van der Waals surface area contributed by atoms with Gasteiger partial charge in [0.25, 0.3) is 5.69 Å². The van der Waals surface area contributed by atoms with Gasteiger partial charge in [0, 0.05) is 30.9 Å². The molecule has 1 saturated heterocycles. The highest BCUT2D eigenvalue weighted by Crippen LogP contribution is 2.33. The number of non-ortho nitro benzene ring substituents is 1. The van der Waals surface area contributed by atoms with E-state index in [1.54, 1.807) is 35.4 Å². The van der Waals surface area contributed by atoms with Crippen molar-refractivity contribution in [3.05, 3.63) is 56.8 Å². The summed E-state index contributed by atoms with van der Waals surface area (Å²) < 4.78 is 0. The second-order valence-electron chi connectivity index (χ2n) is 5.91. The van der Waals surface area contributed by atoms with Gasteiger partial charge in [-0.05, 0) is 53.9 Å². The van der Waals surface area contributed by atoms with Gasteiger partial charge in [-0.15, -0.1) is 0 Å². The minimum atomic E-state index is -0.443. The van der Waals surface area contributed by atoms with Crippen LogP contribution in [0, 0.1) is 10.1 Å². The Balaban J connectivity index is 1.66. The van der Waals surface area contributed by atoms with E-state index in [0.29, 0.717) is 18.3 Å². The van der Waals surface area contributed by atoms with E-state index in [9.17, 15) is 14.9 Å². The number of benzene rings is 1. The number of anilines is 1. The van der Waals surface area contributed by atoms with Crippen molar-refractivity contribution in [1.29, 1.82) is 0 Å². The van der Waals surface area contributed by atoms with E-state index in [-0.39, 0.29) is 11.6 Å². The Morgan fingerprint density at radius 3 is 2.75 bits per heavy atom. The molecule has 6 nitrogen and oxygen atoms in total. The summed E-state index contributed by atoms with van der Waals surface area (Å²) in [5.41, 5.74) is 1.97. The first kappa shape index (κ1) is 16.6. The molecule has 7 heteroatoms. The molecule has 1 aliphatic rings. The summed E-state index contributed by atoms with van der Waals surface area (Å²) in [7, 11) is 1.71. The fourth-order valence-electron chi connectivity index (χ4n) is 3.08. The first-order valence-corrected chi connectivity index (χ1v) is 8.77. The first-order valence-electron chi connectivity index (χ1n) is 7.83. The molecule has 0 radical (unpaired) electrons. The third kappa shape index (κ3) is 3.47. The van der Waals surface area contributed by atoms with E-state index in [0.717, 1.165) is 19.4 Å². The number of nitrogens with zero attached hydrogens (tertiary/aromatic N) is 3. The van der Waals surface area contributed by atoms with Gasteiger partial charge in [-0.3, -0.25) is 19.8 Å². The molecule has 1 atom stereocenters. The molecule has 1 aromatic heterocycles. The molecule has 2 heterocycles. The maximum Gasteiger partial charge on any atom is 0.269 e. The Bertz CT molecular complexity index is 715. The van der Waals surface area contributed by atoms with Crippen LogP contribution in [0.1, 0.15) is 24.4 Å². The van der Waals surface area contributed by atoms with Gasteiger partial charge in [-0.2, -0.15) is 11.3 Å². The molecular formula is C17H19N3O3S. The highest BCUT2D eigenvalue weighted by atomic mass is 32.1. The Labute approximate surface area is 144 Å². The van der Waals surface area contributed by atoms with Crippen molar-refractivity contribution < 1.29 is 9.72 Å². The average molecular weight is 345 g/mol. The van der Waals surface area contributed by atoms with Gasteiger partial charge in [-0.25, -0.2) is 0 Å². The molecule has 24 heavy (non-hydrogen) atoms. The van der Waals surface area contributed by atoms with Crippen LogP contribution in [0.15, 0.2) is 41.1 Å². The zero-order valence-corrected chi connectivity index (χ0v) is 14.2. The van der Waals surface area contributed by atoms with Crippen molar-refractivity contribution in [1.82, 2.24) is 4.90 Å². The van der Waals surface area contributed by atoms with Gasteiger partial charge >= 0.3 is 0 Å². The van der Waals surface area contributed by atoms with Gasteiger partial charge in [0.2, 0.25) is 5.91 Å². The summed E-state index contributed by atoms with van der Waals surface area (Å²) in [6, 6.07) is 8.49. The number of carbonyl (C=O) groups excluding carboxylic acids is 1. The zero-order valence-electron chi connectivity index (χ0n) is 13.4. The monoisotopic (exact) mass is 345 g/mol. The Hall–Kier alpha value is -2.25. The second kappa shape index (κ2) is 7.11. The van der Waals surface area contributed by atoms with Gasteiger partial charge in [0.1, 0.15) is 0 Å². The van der Waals surface area contributed by atoms with E-state index < -0.39 is 4.92 Å². The van der Waals surface area contributed by atoms with Crippen molar-refractivity contribution in [2.45, 2.75) is 18.9 Å². The van der Waals surface area contributed by atoms with Gasteiger partial charge in [-0.1, -0.05) is 0 Å². The van der Waals surface area contributed by atoms with Crippen LogP contribution in [-0.2, 0) is 4.79 Å². The second-order valence-corrected chi connectivity index (χ2v) is 6.69. The van der Waals surface area contributed by atoms with Crippen LogP contribution in [0.5, 0.6) is 0 Å². The van der Waals surface area contributed by atoms with Crippen molar-refractivity contribution in [3.63, 3.8) is 0 Å². The van der Waals surface area contributed by atoms with Crippen LogP contribution in [0.3, 0.4) is 0 Å². The number of carbonyl (C=O) groups is 1. The Morgan fingerprint density at radius 2 is 2.12 bits per heavy atom. The summed E-state index contributed by atoms with van der Waals surface area (Å²) in [5.74, 6) is -0.00835. The molecule has 1 aromatic carbocycles. The van der Waals surface area contributed by atoms with Crippen LogP contribution in [0.4, 0.5) is 11.4 Å². The smallest absolute Gasteiger partial charge is 0.269 e. The Kier molecular flexibility index (Phi) is 4.92. The normalized spacial score (nSPS) is 17.8. The number of thiophene rings is 1. The molecule has 3 rings (SSSR count). The number of nitro benzene ring substituents is 1. The largest absolute Gasteiger partial charge is 0.314 e. The molecule has 1 unspecified atom stereocenters. The van der Waals surface area contributed by atoms with E-state index in [1.807, 2.05) is 0 Å². The molecule has 2 aromatic rings. The first-order chi connectivity index (χ1) is 11.6. The fraction of sp³-hybridized carbons (Fsp3) is 0.353. The molecule has 0 aliphatic carbocycles. The lowest BCUT2D eigenvalue weighted by atomic mass is 10.1. The van der Waals surface area contributed by atoms with Crippen molar-refractivity contribution in [2.24, 2.45) is 0 Å². The van der Waals surface area contributed by atoms with Crippen molar-refractivity contribution >= 4 is 28.6 Å². The molecule has 1 amide bonds. The van der Waals surface area contributed by atoms with E-state index in [2.05, 4.69) is 21.7 Å². The summed E-state index contributed by atoms with van der Waals surface area (Å²) in [5, 5.41) is 14.9. The fourth-order valence-corrected chi connectivity index (χ4v) is 3.79. The SMILES string of the molecule is CN(C(=O)CN1CCCC1c1ccsc1)c1ccc([N+](=O)[O-])cc1. The van der Waals surface area contributed by atoms with E-state index >= 15 is 0 Å². The lowest BCUT2D eigenvalue weighted by Crippen LogP contribution is -2.38. The van der Waals surface area contributed by atoms with E-state index in [1.165, 1.54) is 17.7 Å². The van der Waals surface area contributed by atoms with Crippen LogP contribution >= 0.6 is 11.3 Å². The number of likely N-dealkylation sites (tertiary alicyclic amines) is 1. The maximum absolute atomic E-state index is 12.6. The number of hydrogen-bond donors (Lipinski definition) is 0. The molecule has 0 N–H and O–H groups in total. The lowest BCUT2D eigenvalue weighted by molar-refractivity contribution is -0.384. The molecule has 126 valence electrons.